The van der Waals surface area contributed by atoms with Crippen molar-refractivity contribution in [2.45, 2.75) is 38.6 Å². The molecule has 0 saturated heterocycles. The Balaban J connectivity index is 2.04. The maximum absolute atomic E-state index is 5.87. The molecule has 2 N–H and O–H groups in total. The molecule has 0 aromatic heterocycles. The summed E-state index contributed by atoms with van der Waals surface area (Å²) in [7, 11) is 0. The lowest BCUT2D eigenvalue weighted by atomic mass is 10.1. The monoisotopic (exact) mass is 205 g/mol. The van der Waals surface area contributed by atoms with Crippen LogP contribution < -0.4 is 10.5 Å². The van der Waals surface area contributed by atoms with Crippen LogP contribution in [0.1, 0.15) is 31.4 Å². The van der Waals surface area contributed by atoms with E-state index in [-0.39, 0.29) is 5.54 Å². The molecule has 1 aliphatic carbocycles. The third-order valence-electron chi connectivity index (χ3n) is 2.68. The van der Waals surface area contributed by atoms with Crippen LogP contribution in [0.15, 0.2) is 18.2 Å². The molecule has 1 aromatic carbocycles. The molecule has 2 nitrogen and oxygen atoms in total. The van der Waals surface area contributed by atoms with Crippen LogP contribution in [0, 0.1) is 0 Å². The lowest BCUT2D eigenvalue weighted by Crippen LogP contribution is -2.38. The van der Waals surface area contributed by atoms with E-state index in [4.69, 9.17) is 10.5 Å². The molecule has 0 unspecified atom stereocenters. The van der Waals surface area contributed by atoms with Gasteiger partial charge in [-0.2, -0.15) is 0 Å². The molecular weight excluding hydrogens is 186 g/mol. The molecule has 0 amide bonds. The minimum Gasteiger partial charge on any atom is -0.492 e. The lowest BCUT2D eigenvalue weighted by Gasteiger charge is -2.19. The largest absolute Gasteiger partial charge is 0.492 e. The second-order valence-electron chi connectivity index (χ2n) is 5.06. The lowest BCUT2D eigenvalue weighted by molar-refractivity contribution is 0.243. The molecule has 0 heterocycles. The van der Waals surface area contributed by atoms with Gasteiger partial charge in [0.15, 0.2) is 0 Å². The Morgan fingerprint density at radius 2 is 2.00 bits per heavy atom. The van der Waals surface area contributed by atoms with Crippen LogP contribution in [0.5, 0.6) is 5.75 Å². The van der Waals surface area contributed by atoms with Crippen molar-refractivity contribution >= 4 is 0 Å². The van der Waals surface area contributed by atoms with Crippen molar-refractivity contribution in [3.05, 3.63) is 29.3 Å². The number of rotatable bonds is 3. The standard InChI is InChI=1S/C13H19NO/c1-13(2,14)9-15-12-7-6-10-4-3-5-11(10)8-12/h6-8H,3-5,9,14H2,1-2H3. The molecule has 0 aliphatic heterocycles. The zero-order valence-corrected chi connectivity index (χ0v) is 9.55. The summed E-state index contributed by atoms with van der Waals surface area (Å²) in [5.74, 6) is 0.953. The van der Waals surface area contributed by atoms with Crippen LogP contribution in [0.3, 0.4) is 0 Å². The van der Waals surface area contributed by atoms with Crippen molar-refractivity contribution in [1.29, 1.82) is 0 Å². The van der Waals surface area contributed by atoms with Crippen LogP contribution in [0.2, 0.25) is 0 Å². The number of nitrogens with two attached hydrogens (primary N) is 1. The highest BCUT2D eigenvalue weighted by Crippen LogP contribution is 2.26. The van der Waals surface area contributed by atoms with Gasteiger partial charge in [-0.15, -0.1) is 0 Å². The van der Waals surface area contributed by atoms with Crippen LogP contribution in [0.25, 0.3) is 0 Å². The summed E-state index contributed by atoms with van der Waals surface area (Å²) >= 11 is 0. The van der Waals surface area contributed by atoms with E-state index in [1.54, 1.807) is 0 Å². The van der Waals surface area contributed by atoms with Crippen LogP contribution in [-0.2, 0) is 12.8 Å². The molecule has 1 aromatic rings. The van der Waals surface area contributed by atoms with E-state index in [9.17, 15) is 0 Å². The van der Waals surface area contributed by atoms with E-state index in [0.29, 0.717) is 6.61 Å². The van der Waals surface area contributed by atoms with Crippen LogP contribution >= 0.6 is 0 Å². The smallest absolute Gasteiger partial charge is 0.119 e. The first-order chi connectivity index (χ1) is 7.04. The van der Waals surface area contributed by atoms with Gasteiger partial charge in [-0.25, -0.2) is 0 Å². The molecule has 0 fully saturated rings. The molecular formula is C13H19NO. The fraction of sp³-hybridized carbons (Fsp3) is 0.538. The molecule has 82 valence electrons. The van der Waals surface area contributed by atoms with Gasteiger partial charge in [-0.05, 0) is 56.4 Å². The van der Waals surface area contributed by atoms with Crippen molar-refractivity contribution in [1.82, 2.24) is 0 Å². The molecule has 0 saturated carbocycles. The van der Waals surface area contributed by atoms with Gasteiger partial charge >= 0.3 is 0 Å². The van der Waals surface area contributed by atoms with Crippen molar-refractivity contribution in [3.8, 4) is 5.75 Å². The first-order valence-electron chi connectivity index (χ1n) is 5.58. The predicted molar refractivity (Wildman–Crippen MR) is 62.2 cm³/mol. The van der Waals surface area contributed by atoms with Gasteiger partial charge in [0.25, 0.3) is 0 Å². The Labute approximate surface area is 91.4 Å². The minimum atomic E-state index is -0.265. The number of aryl methyl sites for hydroxylation is 2. The number of hydrogen-bond acceptors (Lipinski definition) is 2. The molecule has 0 radical (unpaired) electrons. The maximum atomic E-state index is 5.87. The summed E-state index contributed by atoms with van der Waals surface area (Å²) in [5, 5.41) is 0. The molecule has 1 aliphatic rings. The topological polar surface area (TPSA) is 35.2 Å². The fourth-order valence-electron chi connectivity index (χ4n) is 1.91. The number of hydrogen-bond donors (Lipinski definition) is 1. The van der Waals surface area contributed by atoms with E-state index in [0.717, 1.165) is 5.75 Å². The molecule has 2 rings (SSSR count). The summed E-state index contributed by atoms with van der Waals surface area (Å²) in [6.07, 6.45) is 3.69. The predicted octanol–water partition coefficient (Wildman–Crippen LogP) is 2.29. The second kappa shape index (κ2) is 3.86. The average molecular weight is 205 g/mol. The summed E-state index contributed by atoms with van der Waals surface area (Å²) in [4.78, 5) is 0. The Morgan fingerprint density at radius 3 is 2.73 bits per heavy atom. The van der Waals surface area contributed by atoms with Gasteiger partial charge in [0.1, 0.15) is 12.4 Å². The van der Waals surface area contributed by atoms with Gasteiger partial charge in [0, 0.05) is 5.54 Å². The highest BCUT2D eigenvalue weighted by atomic mass is 16.5. The van der Waals surface area contributed by atoms with Gasteiger partial charge in [-0.1, -0.05) is 6.07 Å². The average Bonchev–Trinajstić information content (AvgIpc) is 2.60. The summed E-state index contributed by atoms with van der Waals surface area (Å²) in [5.41, 5.74) is 8.53. The van der Waals surface area contributed by atoms with E-state index >= 15 is 0 Å². The zero-order chi connectivity index (χ0) is 10.9. The van der Waals surface area contributed by atoms with Crippen molar-refractivity contribution in [2.75, 3.05) is 6.61 Å². The van der Waals surface area contributed by atoms with Crippen LogP contribution in [-0.4, -0.2) is 12.1 Å². The fourth-order valence-corrected chi connectivity index (χ4v) is 1.91. The highest BCUT2D eigenvalue weighted by Gasteiger charge is 2.14. The van der Waals surface area contributed by atoms with Gasteiger partial charge in [0.2, 0.25) is 0 Å². The molecule has 15 heavy (non-hydrogen) atoms. The SMILES string of the molecule is CC(C)(N)COc1ccc2c(c1)CCC2. The minimum absolute atomic E-state index is 0.265. The third-order valence-corrected chi connectivity index (χ3v) is 2.68. The molecule has 0 bridgehead atoms. The number of benzene rings is 1. The third kappa shape index (κ3) is 2.72. The summed E-state index contributed by atoms with van der Waals surface area (Å²) < 4.78 is 5.67. The molecule has 2 heteroatoms. The first-order valence-corrected chi connectivity index (χ1v) is 5.58. The van der Waals surface area contributed by atoms with Crippen molar-refractivity contribution < 1.29 is 4.74 Å². The van der Waals surface area contributed by atoms with E-state index in [2.05, 4.69) is 18.2 Å². The van der Waals surface area contributed by atoms with Gasteiger partial charge in [-0.3, -0.25) is 0 Å². The summed E-state index contributed by atoms with van der Waals surface area (Å²) in [6.45, 7) is 4.51. The quantitative estimate of drug-likeness (QED) is 0.821. The van der Waals surface area contributed by atoms with E-state index < -0.39 is 0 Å². The van der Waals surface area contributed by atoms with E-state index in [1.165, 1.54) is 30.4 Å². The highest BCUT2D eigenvalue weighted by molar-refractivity contribution is 5.38. The first kappa shape index (κ1) is 10.5. The van der Waals surface area contributed by atoms with E-state index in [1.807, 2.05) is 13.8 Å². The molecule has 0 spiro atoms. The Bertz CT molecular complexity index is 352. The number of ether oxygens (including phenoxy) is 1. The second-order valence-corrected chi connectivity index (χ2v) is 5.06. The zero-order valence-electron chi connectivity index (χ0n) is 9.55. The maximum Gasteiger partial charge on any atom is 0.119 e. The van der Waals surface area contributed by atoms with Gasteiger partial charge < -0.3 is 10.5 Å². The Morgan fingerprint density at radius 1 is 1.27 bits per heavy atom. The van der Waals surface area contributed by atoms with Crippen molar-refractivity contribution in [3.63, 3.8) is 0 Å². The Hall–Kier alpha value is -1.02. The number of fused-ring (bicyclic) bond motifs is 1. The van der Waals surface area contributed by atoms with Crippen LogP contribution in [0.4, 0.5) is 0 Å². The van der Waals surface area contributed by atoms with Gasteiger partial charge in [0.05, 0.1) is 0 Å². The molecule has 0 atom stereocenters. The van der Waals surface area contributed by atoms with Crippen molar-refractivity contribution in [2.24, 2.45) is 5.73 Å². The summed E-state index contributed by atoms with van der Waals surface area (Å²) in [6, 6.07) is 6.39. The Kier molecular flexibility index (Phi) is 2.70. The normalized spacial score (nSPS) is 15.1.